The normalized spacial score (nSPS) is 29.8. The van der Waals surface area contributed by atoms with Gasteiger partial charge in [0.25, 0.3) is 0 Å². The summed E-state index contributed by atoms with van der Waals surface area (Å²) in [6.07, 6.45) is 8.89. The van der Waals surface area contributed by atoms with Crippen LogP contribution in [-0.2, 0) is 25.3 Å². The van der Waals surface area contributed by atoms with E-state index in [9.17, 15) is 28.7 Å². The van der Waals surface area contributed by atoms with Crippen LogP contribution in [-0.4, -0.2) is 74.2 Å². The highest BCUT2D eigenvalue weighted by Gasteiger charge is 2.66. The van der Waals surface area contributed by atoms with Gasteiger partial charge in [-0.2, -0.15) is 0 Å². The maximum atomic E-state index is 14.4. The third-order valence-electron chi connectivity index (χ3n) is 10.3. The molecule has 2 saturated carbocycles. The number of alkyl carbamates (subject to hydrolysis) is 1. The number of nitrogens with one attached hydrogen (secondary N) is 2. The van der Waals surface area contributed by atoms with Crippen LogP contribution in [0.2, 0.25) is 0 Å². The molecule has 0 radical (unpaired) electrons. The summed E-state index contributed by atoms with van der Waals surface area (Å²) >= 11 is 0. The van der Waals surface area contributed by atoms with E-state index in [2.05, 4.69) is 27.8 Å². The average Bonchev–Trinajstić information content (AvgIpc) is 3.62. The summed E-state index contributed by atoms with van der Waals surface area (Å²) in [6, 6.07) is 6.12. The maximum Gasteiger partial charge on any atom is 0.407 e. The van der Waals surface area contributed by atoms with Gasteiger partial charge < -0.3 is 34.8 Å². The molecule has 250 valence electrons. The Morgan fingerprint density at radius 1 is 1.13 bits per heavy atom. The summed E-state index contributed by atoms with van der Waals surface area (Å²) in [4.78, 5) is 67.8. The van der Waals surface area contributed by atoms with Crippen molar-refractivity contribution in [1.29, 1.82) is 0 Å². The number of benzene rings is 1. The van der Waals surface area contributed by atoms with Gasteiger partial charge in [0.1, 0.15) is 23.5 Å². The quantitative estimate of drug-likeness (QED) is 0.341. The molecule has 2 aliphatic heterocycles. The van der Waals surface area contributed by atoms with E-state index in [1.165, 1.54) is 4.90 Å². The zero-order valence-electron chi connectivity index (χ0n) is 26.4. The third kappa shape index (κ3) is 6.75. The van der Waals surface area contributed by atoms with Gasteiger partial charge in [-0.25, -0.2) is 9.78 Å². The van der Waals surface area contributed by atoms with Crippen LogP contribution in [0.3, 0.4) is 0 Å². The monoisotopic (exact) mass is 656 g/mol. The van der Waals surface area contributed by atoms with Crippen LogP contribution in [0.15, 0.2) is 30.5 Å². The summed E-state index contributed by atoms with van der Waals surface area (Å²) in [5.41, 5.74) is 1.12. The van der Waals surface area contributed by atoms with Crippen molar-refractivity contribution in [3.8, 4) is 5.88 Å². The molecule has 1 aromatic carbocycles. The standard InChI is InChI=1S/C33H45N4O8P/c1-2-24-19-33(24,46(41,42)43)36-29(38)27-18-25-20-37(27)31(39)28(23-10-6-3-7-11-23)35-32(40)44-16-8-4-5-9-21-12-13-22-14-15-34-30(45-25)26(22)17-21/h12-15,17,23-25,27-28H,2-11,16,18-20H2,1H3,(H,35,40)(H,36,38)(H2,41,42,43)/t24?,25-,27+,28+,33?/m1/s1. The van der Waals surface area contributed by atoms with Crippen LogP contribution in [0, 0.1) is 11.8 Å². The van der Waals surface area contributed by atoms with Crippen LogP contribution in [0.5, 0.6) is 5.88 Å². The van der Waals surface area contributed by atoms with E-state index in [0.29, 0.717) is 18.7 Å². The molecule has 4 bridgehead atoms. The van der Waals surface area contributed by atoms with E-state index in [1.54, 1.807) is 6.20 Å². The third-order valence-corrected chi connectivity index (χ3v) is 12.0. The zero-order valence-corrected chi connectivity index (χ0v) is 27.3. The minimum absolute atomic E-state index is 0.0503. The van der Waals surface area contributed by atoms with E-state index in [1.807, 2.05) is 19.1 Å². The van der Waals surface area contributed by atoms with E-state index >= 15 is 0 Å². The van der Waals surface area contributed by atoms with Crippen LogP contribution in [0.1, 0.15) is 83.1 Å². The minimum Gasteiger partial charge on any atom is -0.472 e. The van der Waals surface area contributed by atoms with Gasteiger partial charge in [-0.05, 0) is 79.9 Å². The Balaban J connectivity index is 1.34. The van der Waals surface area contributed by atoms with Gasteiger partial charge >= 0.3 is 13.7 Å². The first-order valence-electron chi connectivity index (χ1n) is 16.8. The molecule has 3 heterocycles. The number of rotatable bonds is 5. The molecule has 2 aromatic rings. The molecule has 0 spiro atoms. The lowest BCUT2D eigenvalue weighted by atomic mass is 9.83. The van der Waals surface area contributed by atoms with E-state index in [-0.39, 0.29) is 37.8 Å². The van der Waals surface area contributed by atoms with Crippen LogP contribution >= 0.6 is 7.60 Å². The summed E-state index contributed by atoms with van der Waals surface area (Å²) in [5, 5.41) is 5.68. The Labute approximate surface area is 269 Å². The predicted molar refractivity (Wildman–Crippen MR) is 170 cm³/mol. The Bertz CT molecular complexity index is 1510. The van der Waals surface area contributed by atoms with Gasteiger partial charge in [-0.15, -0.1) is 0 Å². The summed E-state index contributed by atoms with van der Waals surface area (Å²) in [7, 11) is -4.69. The van der Waals surface area contributed by atoms with Gasteiger partial charge in [-0.3, -0.25) is 14.2 Å². The lowest BCUT2D eigenvalue weighted by molar-refractivity contribution is -0.141. The second-order valence-electron chi connectivity index (χ2n) is 13.4. The zero-order chi connectivity index (χ0) is 32.5. The van der Waals surface area contributed by atoms with Crippen molar-refractivity contribution in [3.63, 3.8) is 0 Å². The minimum atomic E-state index is -4.69. The van der Waals surface area contributed by atoms with Gasteiger partial charge in [0, 0.05) is 18.0 Å². The molecule has 1 saturated heterocycles. The summed E-state index contributed by atoms with van der Waals surface area (Å²) in [6.45, 7) is 2.11. The van der Waals surface area contributed by atoms with Crippen molar-refractivity contribution in [2.24, 2.45) is 11.8 Å². The van der Waals surface area contributed by atoms with Crippen molar-refractivity contribution in [3.05, 3.63) is 36.0 Å². The molecule has 46 heavy (non-hydrogen) atoms. The molecule has 2 aliphatic carbocycles. The van der Waals surface area contributed by atoms with Crippen molar-refractivity contribution < 1.29 is 38.2 Å². The molecule has 2 unspecified atom stereocenters. The molecule has 12 nitrogen and oxygen atoms in total. The fourth-order valence-electron chi connectivity index (χ4n) is 7.62. The fourth-order valence-corrected chi connectivity index (χ4v) is 8.99. The number of hydrogen-bond acceptors (Lipinski definition) is 7. The smallest absolute Gasteiger partial charge is 0.407 e. The number of ether oxygens (including phenoxy) is 2. The highest BCUT2D eigenvalue weighted by atomic mass is 31.2. The number of fused-ring (bicyclic) bond motifs is 3. The Hall–Kier alpha value is -3.21. The number of carbonyl (C=O) groups excluding carboxylic acids is 3. The molecule has 4 aliphatic rings. The number of aryl methyl sites for hydroxylation is 1. The van der Waals surface area contributed by atoms with Crippen LogP contribution in [0.4, 0.5) is 4.79 Å². The van der Waals surface area contributed by atoms with Crippen LogP contribution in [0.25, 0.3) is 10.8 Å². The Morgan fingerprint density at radius 2 is 1.91 bits per heavy atom. The number of pyridine rings is 1. The highest BCUT2D eigenvalue weighted by molar-refractivity contribution is 7.54. The van der Waals surface area contributed by atoms with Crippen molar-refractivity contribution in [2.75, 3.05) is 13.2 Å². The molecule has 6 rings (SSSR count). The molecule has 5 atom stereocenters. The molecule has 4 N–H and O–H groups in total. The lowest BCUT2D eigenvalue weighted by Gasteiger charge is -2.34. The maximum absolute atomic E-state index is 14.4. The van der Waals surface area contributed by atoms with Gasteiger partial charge in [0.2, 0.25) is 17.7 Å². The molecule has 1 aromatic heterocycles. The number of amides is 3. The fraction of sp³-hybridized carbons (Fsp3) is 0.636. The first-order chi connectivity index (χ1) is 22.1. The van der Waals surface area contributed by atoms with Gasteiger partial charge in [0.15, 0.2) is 0 Å². The average molecular weight is 657 g/mol. The topological polar surface area (TPSA) is 167 Å². The number of aromatic nitrogens is 1. The van der Waals surface area contributed by atoms with E-state index in [0.717, 1.165) is 67.7 Å². The van der Waals surface area contributed by atoms with Gasteiger partial charge in [0.05, 0.1) is 13.2 Å². The Morgan fingerprint density at radius 3 is 2.65 bits per heavy atom. The first kappa shape index (κ1) is 32.7. The summed E-state index contributed by atoms with van der Waals surface area (Å²) < 4.78 is 24.5. The second-order valence-corrected chi connectivity index (χ2v) is 15.3. The van der Waals surface area contributed by atoms with E-state index in [4.69, 9.17) is 9.47 Å². The molecular weight excluding hydrogens is 611 g/mol. The number of nitrogens with zero attached hydrogens (tertiary/aromatic N) is 2. The number of hydrogen-bond donors (Lipinski definition) is 4. The van der Waals surface area contributed by atoms with Crippen molar-refractivity contribution >= 4 is 36.3 Å². The Kier molecular flexibility index (Phi) is 9.60. The molecule has 3 fully saturated rings. The van der Waals surface area contributed by atoms with Crippen molar-refractivity contribution in [1.82, 2.24) is 20.5 Å². The molecular formula is C33H45N4O8P. The molecule has 3 amide bonds. The van der Waals surface area contributed by atoms with Crippen LogP contribution < -0.4 is 15.4 Å². The second kappa shape index (κ2) is 13.5. The highest BCUT2D eigenvalue weighted by Crippen LogP contribution is 2.67. The largest absolute Gasteiger partial charge is 0.472 e. The predicted octanol–water partition coefficient (Wildman–Crippen LogP) is 4.40. The van der Waals surface area contributed by atoms with E-state index < -0.39 is 49.0 Å². The van der Waals surface area contributed by atoms with Crippen molar-refractivity contribution in [2.45, 2.75) is 107 Å². The SMILES string of the molecule is CCC1CC1(NC(=O)[C@@H]1C[C@@H]2CN1C(=O)[C@H](C1CCCCC1)NC(=O)OCCCCCc1ccc3ccnc(c3c1)O2)P(=O)(O)O. The lowest BCUT2D eigenvalue weighted by Crippen LogP contribution is -2.57. The van der Waals surface area contributed by atoms with Gasteiger partial charge in [-0.1, -0.05) is 44.7 Å². The number of cyclic esters (lactones) is 1. The number of carbonyl (C=O) groups is 3. The summed E-state index contributed by atoms with van der Waals surface area (Å²) in [5.74, 6) is -1.14. The molecule has 13 heteroatoms. The first-order valence-corrected chi connectivity index (χ1v) is 18.4.